The summed E-state index contributed by atoms with van der Waals surface area (Å²) in [6.07, 6.45) is 2.82. The van der Waals surface area contributed by atoms with E-state index in [9.17, 15) is 8.42 Å². The van der Waals surface area contributed by atoms with Gasteiger partial charge in [-0.15, -0.1) is 11.3 Å². The fourth-order valence-electron chi connectivity index (χ4n) is 3.02. The second kappa shape index (κ2) is 6.13. The van der Waals surface area contributed by atoms with E-state index in [-0.39, 0.29) is 12.1 Å². The van der Waals surface area contributed by atoms with E-state index >= 15 is 0 Å². The van der Waals surface area contributed by atoms with Crippen LogP contribution in [0, 0.1) is 6.92 Å². The van der Waals surface area contributed by atoms with Crippen LogP contribution in [0.3, 0.4) is 0 Å². The highest BCUT2D eigenvalue weighted by Gasteiger charge is 2.40. The van der Waals surface area contributed by atoms with Crippen molar-refractivity contribution in [1.82, 2.24) is 9.62 Å². The second-order valence-electron chi connectivity index (χ2n) is 5.49. The fourth-order valence-corrected chi connectivity index (χ4v) is 6.59. The molecule has 1 aliphatic rings. The summed E-state index contributed by atoms with van der Waals surface area (Å²) >= 11 is 1.57. The molecule has 1 N–H and O–H groups in total. The lowest BCUT2D eigenvalue weighted by Gasteiger charge is -2.26. The monoisotopic (exact) mass is 316 g/mol. The van der Waals surface area contributed by atoms with Gasteiger partial charge in [0.05, 0.1) is 4.90 Å². The Kier molecular flexibility index (Phi) is 4.89. The Bertz CT molecular complexity index is 566. The number of hydrogen-bond donors (Lipinski definition) is 1. The van der Waals surface area contributed by atoms with E-state index in [1.807, 2.05) is 27.0 Å². The quantitative estimate of drug-likeness (QED) is 0.908. The first kappa shape index (κ1) is 15.9. The maximum Gasteiger partial charge on any atom is 0.244 e. The summed E-state index contributed by atoms with van der Waals surface area (Å²) in [7, 11) is -1.49. The van der Waals surface area contributed by atoms with Crippen LogP contribution < -0.4 is 5.32 Å². The first-order valence-electron chi connectivity index (χ1n) is 7.19. The average Bonchev–Trinajstić information content (AvgIpc) is 2.93. The Balaban J connectivity index is 2.39. The molecule has 1 aromatic rings. The molecule has 114 valence electrons. The van der Waals surface area contributed by atoms with Crippen molar-refractivity contribution in [3.8, 4) is 0 Å². The van der Waals surface area contributed by atoms with E-state index in [0.717, 1.165) is 29.0 Å². The van der Waals surface area contributed by atoms with Gasteiger partial charge < -0.3 is 5.32 Å². The first-order valence-corrected chi connectivity index (χ1v) is 9.44. The molecule has 1 saturated heterocycles. The van der Waals surface area contributed by atoms with Crippen LogP contribution >= 0.6 is 11.3 Å². The van der Waals surface area contributed by atoms with Gasteiger partial charge in [-0.2, -0.15) is 4.31 Å². The van der Waals surface area contributed by atoms with Crippen LogP contribution in [0.5, 0.6) is 0 Å². The molecule has 2 rings (SSSR count). The summed E-state index contributed by atoms with van der Waals surface area (Å²) in [4.78, 5) is 2.47. The standard InChI is InChI=1S/C14H24N2O2S2/c1-5-12-7-6-10(2)16(12)20(17,18)14-8-13(9-15-4)19-11(14)3/h8,10,12,15H,5-7,9H2,1-4H3. The van der Waals surface area contributed by atoms with Crippen LogP contribution in [0.15, 0.2) is 11.0 Å². The highest BCUT2D eigenvalue weighted by Crippen LogP contribution is 2.35. The van der Waals surface area contributed by atoms with Crippen molar-refractivity contribution in [2.45, 2.75) is 63.6 Å². The minimum atomic E-state index is -3.36. The molecule has 0 bridgehead atoms. The third-order valence-corrected chi connectivity index (χ3v) is 7.39. The molecular weight excluding hydrogens is 292 g/mol. The number of nitrogens with zero attached hydrogens (tertiary/aromatic N) is 1. The summed E-state index contributed by atoms with van der Waals surface area (Å²) in [5, 5.41) is 3.08. The molecule has 2 atom stereocenters. The predicted molar refractivity (Wildman–Crippen MR) is 83.6 cm³/mol. The smallest absolute Gasteiger partial charge is 0.244 e. The van der Waals surface area contributed by atoms with Crippen molar-refractivity contribution in [1.29, 1.82) is 0 Å². The maximum absolute atomic E-state index is 13.0. The Morgan fingerprint density at radius 2 is 2.15 bits per heavy atom. The maximum atomic E-state index is 13.0. The highest BCUT2D eigenvalue weighted by atomic mass is 32.2. The molecule has 1 fully saturated rings. The van der Waals surface area contributed by atoms with Crippen LogP contribution in [0.4, 0.5) is 0 Å². The van der Waals surface area contributed by atoms with E-state index in [2.05, 4.69) is 12.2 Å². The average molecular weight is 316 g/mol. The zero-order valence-corrected chi connectivity index (χ0v) is 14.3. The van der Waals surface area contributed by atoms with Gasteiger partial charge in [0.2, 0.25) is 10.0 Å². The lowest BCUT2D eigenvalue weighted by molar-refractivity contribution is 0.328. The molecule has 1 aromatic heterocycles. The van der Waals surface area contributed by atoms with Crippen molar-refractivity contribution >= 4 is 21.4 Å². The van der Waals surface area contributed by atoms with Gasteiger partial charge in [0.1, 0.15) is 0 Å². The molecule has 6 heteroatoms. The molecule has 0 saturated carbocycles. The number of aryl methyl sites for hydroxylation is 1. The summed E-state index contributed by atoms with van der Waals surface area (Å²) in [6.45, 7) is 6.70. The van der Waals surface area contributed by atoms with Crippen LogP contribution in [0.25, 0.3) is 0 Å². The zero-order valence-electron chi connectivity index (χ0n) is 12.6. The van der Waals surface area contributed by atoms with E-state index in [1.54, 1.807) is 15.6 Å². The van der Waals surface area contributed by atoms with E-state index in [4.69, 9.17) is 0 Å². The van der Waals surface area contributed by atoms with Gasteiger partial charge in [-0.3, -0.25) is 0 Å². The Labute approximate surface area is 126 Å². The summed E-state index contributed by atoms with van der Waals surface area (Å²) in [5.41, 5.74) is 0. The molecule has 0 radical (unpaired) electrons. The SMILES string of the molecule is CCC1CCC(C)N1S(=O)(=O)c1cc(CNC)sc1C. The van der Waals surface area contributed by atoms with Crippen molar-refractivity contribution in [2.75, 3.05) is 7.05 Å². The molecule has 2 heterocycles. The van der Waals surface area contributed by atoms with Gasteiger partial charge in [0.15, 0.2) is 0 Å². The molecule has 0 amide bonds. The normalized spacial score (nSPS) is 24.4. The van der Waals surface area contributed by atoms with Gasteiger partial charge in [0, 0.05) is 28.4 Å². The topological polar surface area (TPSA) is 49.4 Å². The van der Waals surface area contributed by atoms with Crippen molar-refractivity contribution in [3.05, 3.63) is 15.8 Å². The lowest BCUT2D eigenvalue weighted by atomic mass is 10.2. The highest BCUT2D eigenvalue weighted by molar-refractivity contribution is 7.89. The van der Waals surface area contributed by atoms with Gasteiger partial charge in [-0.25, -0.2) is 8.42 Å². The van der Waals surface area contributed by atoms with Crippen LogP contribution in [0.2, 0.25) is 0 Å². The number of nitrogens with one attached hydrogen (secondary N) is 1. The van der Waals surface area contributed by atoms with Gasteiger partial charge in [-0.1, -0.05) is 6.92 Å². The molecule has 0 aromatic carbocycles. The number of hydrogen-bond acceptors (Lipinski definition) is 4. The molecule has 0 aliphatic carbocycles. The van der Waals surface area contributed by atoms with Crippen LogP contribution in [-0.4, -0.2) is 31.9 Å². The van der Waals surface area contributed by atoms with Crippen molar-refractivity contribution < 1.29 is 8.42 Å². The summed E-state index contributed by atoms with van der Waals surface area (Å²) in [6, 6.07) is 2.10. The van der Waals surface area contributed by atoms with Gasteiger partial charge in [0.25, 0.3) is 0 Å². The molecule has 4 nitrogen and oxygen atoms in total. The Morgan fingerprint density at radius 3 is 2.75 bits per heavy atom. The minimum Gasteiger partial charge on any atom is -0.315 e. The van der Waals surface area contributed by atoms with Gasteiger partial charge in [-0.05, 0) is 46.2 Å². The minimum absolute atomic E-state index is 0.108. The van der Waals surface area contributed by atoms with Crippen molar-refractivity contribution in [2.24, 2.45) is 0 Å². The van der Waals surface area contributed by atoms with Crippen LogP contribution in [0.1, 0.15) is 42.9 Å². The fraction of sp³-hybridized carbons (Fsp3) is 0.714. The Hall–Kier alpha value is -0.430. The molecular formula is C14H24N2O2S2. The third kappa shape index (κ3) is 2.79. The van der Waals surface area contributed by atoms with Gasteiger partial charge >= 0.3 is 0 Å². The summed E-state index contributed by atoms with van der Waals surface area (Å²) < 4.78 is 27.7. The second-order valence-corrected chi connectivity index (χ2v) is 8.64. The van der Waals surface area contributed by atoms with Crippen LogP contribution in [-0.2, 0) is 16.6 Å². The molecule has 1 aliphatic heterocycles. The Morgan fingerprint density at radius 1 is 1.45 bits per heavy atom. The number of sulfonamides is 1. The third-order valence-electron chi connectivity index (χ3n) is 4.01. The summed E-state index contributed by atoms with van der Waals surface area (Å²) in [5.74, 6) is 0. The van der Waals surface area contributed by atoms with Crippen molar-refractivity contribution in [3.63, 3.8) is 0 Å². The first-order chi connectivity index (χ1) is 9.41. The van der Waals surface area contributed by atoms with E-state index < -0.39 is 10.0 Å². The largest absolute Gasteiger partial charge is 0.315 e. The number of rotatable bonds is 5. The molecule has 2 unspecified atom stereocenters. The molecule has 0 spiro atoms. The molecule has 20 heavy (non-hydrogen) atoms. The van der Waals surface area contributed by atoms with E-state index in [1.165, 1.54) is 0 Å². The predicted octanol–water partition coefficient (Wildman–Crippen LogP) is 2.73. The lowest BCUT2D eigenvalue weighted by Crippen LogP contribution is -2.39. The zero-order chi connectivity index (χ0) is 14.9. The number of thiophene rings is 1. The van der Waals surface area contributed by atoms with E-state index in [0.29, 0.717) is 11.4 Å².